The summed E-state index contributed by atoms with van der Waals surface area (Å²) in [6, 6.07) is 14.4. The molecule has 2 heterocycles. The van der Waals surface area contributed by atoms with E-state index in [1.54, 1.807) is 18.2 Å². The van der Waals surface area contributed by atoms with Gasteiger partial charge in [-0.05, 0) is 44.2 Å². The minimum Gasteiger partial charge on any atom is -0.508 e. The molecule has 8 nitrogen and oxygen atoms in total. The first-order chi connectivity index (χ1) is 12.9. The molecule has 27 heavy (non-hydrogen) atoms. The second-order valence-corrected chi connectivity index (χ2v) is 6.01. The van der Waals surface area contributed by atoms with Gasteiger partial charge < -0.3 is 25.6 Å². The second-order valence-electron chi connectivity index (χ2n) is 6.01. The minimum atomic E-state index is -1.13. The summed E-state index contributed by atoms with van der Waals surface area (Å²) in [5, 5.41) is 31.0. The number of hydrogen-bond donors (Lipinski definition) is 6. The lowest BCUT2D eigenvalue weighted by Crippen LogP contribution is -2.11. The van der Waals surface area contributed by atoms with Crippen LogP contribution in [0.5, 0.6) is 5.75 Å². The molecule has 0 radical (unpaired) electrons. The molecular formula is C19H24N4O4. The van der Waals surface area contributed by atoms with E-state index in [0.717, 1.165) is 30.5 Å². The molecule has 0 saturated carbocycles. The lowest BCUT2D eigenvalue weighted by atomic mass is 10.2. The number of carbonyl (C=O) groups is 1. The number of β-amino-alcohol motifs (C(OH)–C–C–N with tert-alkyl or cyclic N) is 1. The Morgan fingerprint density at radius 2 is 1.89 bits per heavy atom. The first-order valence-corrected chi connectivity index (χ1v) is 8.53. The third-order valence-corrected chi connectivity index (χ3v) is 3.68. The Balaban J connectivity index is 0.000000159. The maximum absolute atomic E-state index is 10.3. The van der Waals surface area contributed by atoms with E-state index in [1.165, 1.54) is 5.56 Å². The fourth-order valence-corrected chi connectivity index (χ4v) is 2.30. The predicted octanol–water partition coefficient (Wildman–Crippen LogP) is 2.69. The summed E-state index contributed by atoms with van der Waals surface area (Å²) in [7, 11) is 0. The smallest absolute Gasteiger partial charge is 0.411 e. The van der Waals surface area contributed by atoms with Gasteiger partial charge in [0.25, 0.3) is 0 Å². The van der Waals surface area contributed by atoms with E-state index in [9.17, 15) is 4.79 Å². The van der Waals surface area contributed by atoms with Crippen LogP contribution >= 0.6 is 0 Å². The van der Waals surface area contributed by atoms with Crippen molar-refractivity contribution in [1.29, 1.82) is 0 Å². The Bertz CT molecular complexity index is 788. The number of H-pyrrole nitrogens is 1. The highest BCUT2D eigenvalue weighted by Gasteiger charge is 2.08. The van der Waals surface area contributed by atoms with E-state index in [-0.39, 0.29) is 12.1 Å². The molecule has 1 unspecified atom stereocenters. The fraction of sp³-hybridized carbons (Fsp3) is 0.263. The van der Waals surface area contributed by atoms with Gasteiger partial charge in [0.05, 0.1) is 17.1 Å². The Hall–Kier alpha value is -3.10. The number of nitrogens with one attached hydrogen (secondary N) is 3. The summed E-state index contributed by atoms with van der Waals surface area (Å²) in [6.07, 6.45) is -0.260. The van der Waals surface area contributed by atoms with E-state index >= 15 is 0 Å². The lowest BCUT2D eigenvalue weighted by molar-refractivity contribution is 0.196. The van der Waals surface area contributed by atoms with Gasteiger partial charge in [0.1, 0.15) is 5.75 Å². The highest BCUT2D eigenvalue weighted by molar-refractivity contribution is 5.84. The number of aliphatic hydroxyl groups is 1. The Morgan fingerprint density at radius 3 is 2.37 bits per heavy atom. The van der Waals surface area contributed by atoms with Crippen LogP contribution in [0.2, 0.25) is 0 Å². The van der Waals surface area contributed by atoms with Gasteiger partial charge in [-0.2, -0.15) is 0 Å². The minimum absolute atomic E-state index is 0.0648. The molecule has 1 aliphatic heterocycles. The summed E-state index contributed by atoms with van der Waals surface area (Å²) >= 11 is 0. The lowest BCUT2D eigenvalue weighted by Gasteiger charge is -1.90. The molecule has 1 amide bonds. The zero-order valence-corrected chi connectivity index (χ0v) is 15.0. The maximum atomic E-state index is 10.3. The normalized spacial score (nSPS) is 15.3. The van der Waals surface area contributed by atoms with Crippen LogP contribution in [0.4, 0.5) is 10.7 Å². The van der Waals surface area contributed by atoms with Gasteiger partial charge in [0, 0.05) is 6.54 Å². The van der Waals surface area contributed by atoms with E-state index in [1.807, 2.05) is 37.3 Å². The largest absolute Gasteiger partial charge is 0.508 e. The number of aromatic amines is 1. The number of phenolic OH excluding ortho intramolecular Hbond substituents is 1. The Kier molecular flexibility index (Phi) is 7.60. The number of amides is 1. The molecule has 1 aliphatic rings. The number of aromatic nitrogens is 2. The number of nitrogens with zero attached hydrogens (tertiary/aromatic N) is 1. The average molecular weight is 372 g/mol. The number of para-hydroxylation sites is 2. The predicted molar refractivity (Wildman–Crippen MR) is 104 cm³/mol. The van der Waals surface area contributed by atoms with Crippen LogP contribution in [0, 0.1) is 6.92 Å². The number of phenols is 1. The molecule has 6 N–H and O–H groups in total. The highest BCUT2D eigenvalue weighted by atomic mass is 16.4. The number of carboxylic acid groups (broad SMARTS) is 1. The number of aliphatic hydroxyl groups excluding tert-OH is 1. The SMILES string of the molecule is Cc1ccc(O)cc1.O=C(O)Nc1nc2ccccc2[nH]1.OC1CCNC1. The zero-order chi connectivity index (χ0) is 19.6. The monoisotopic (exact) mass is 372 g/mol. The first-order valence-electron chi connectivity index (χ1n) is 8.53. The topological polar surface area (TPSA) is 130 Å². The van der Waals surface area contributed by atoms with Crippen LogP contribution in [0.1, 0.15) is 12.0 Å². The van der Waals surface area contributed by atoms with Crippen molar-refractivity contribution in [2.45, 2.75) is 19.4 Å². The van der Waals surface area contributed by atoms with E-state index in [0.29, 0.717) is 5.75 Å². The molecule has 1 atom stereocenters. The number of aromatic hydroxyl groups is 1. The third-order valence-electron chi connectivity index (χ3n) is 3.68. The van der Waals surface area contributed by atoms with E-state index in [2.05, 4.69) is 20.6 Å². The molecule has 8 heteroatoms. The fourth-order valence-electron chi connectivity index (χ4n) is 2.30. The molecule has 0 spiro atoms. The molecule has 1 fully saturated rings. The Morgan fingerprint density at radius 1 is 1.19 bits per heavy atom. The van der Waals surface area contributed by atoms with Gasteiger partial charge in [-0.15, -0.1) is 0 Å². The number of benzene rings is 2. The van der Waals surface area contributed by atoms with Crippen LogP contribution in [0.25, 0.3) is 11.0 Å². The van der Waals surface area contributed by atoms with Crippen LogP contribution < -0.4 is 10.6 Å². The summed E-state index contributed by atoms with van der Waals surface area (Å²) in [5.41, 5.74) is 2.72. The molecule has 4 rings (SSSR count). The molecule has 2 aromatic carbocycles. The van der Waals surface area contributed by atoms with Crippen molar-refractivity contribution in [2.75, 3.05) is 18.4 Å². The van der Waals surface area contributed by atoms with Gasteiger partial charge in [-0.25, -0.2) is 9.78 Å². The van der Waals surface area contributed by atoms with Gasteiger partial charge in [0.2, 0.25) is 5.95 Å². The number of anilines is 1. The summed E-state index contributed by atoms with van der Waals surface area (Å²) in [4.78, 5) is 17.1. The van der Waals surface area contributed by atoms with Crippen LogP contribution in [0.15, 0.2) is 48.5 Å². The van der Waals surface area contributed by atoms with Gasteiger partial charge in [0.15, 0.2) is 0 Å². The number of aryl methyl sites for hydroxylation is 1. The Labute approximate surface area is 156 Å². The van der Waals surface area contributed by atoms with Gasteiger partial charge >= 0.3 is 6.09 Å². The number of rotatable bonds is 1. The zero-order valence-electron chi connectivity index (χ0n) is 15.0. The summed E-state index contributed by atoms with van der Waals surface area (Å²) in [5.74, 6) is 0.573. The standard InChI is InChI=1S/C8H7N3O2.C7H8O.C4H9NO/c12-8(13)11-7-9-5-3-1-2-4-6(5)10-7;1-6-2-4-7(8)5-3-6;6-4-1-2-5-3-4/h1-4H,(H,12,13)(H2,9,10,11);2-5,8H,1H3;4-6H,1-3H2. The van der Waals surface area contributed by atoms with Crippen LogP contribution in [-0.4, -0.2) is 50.6 Å². The molecular weight excluding hydrogens is 348 g/mol. The van der Waals surface area contributed by atoms with Gasteiger partial charge in [-0.3, -0.25) is 5.32 Å². The van der Waals surface area contributed by atoms with Gasteiger partial charge in [-0.1, -0.05) is 29.8 Å². The molecule has 0 aliphatic carbocycles. The van der Waals surface area contributed by atoms with E-state index in [4.69, 9.17) is 15.3 Å². The van der Waals surface area contributed by atoms with Crippen molar-refractivity contribution >= 4 is 23.1 Å². The molecule has 3 aromatic rings. The third kappa shape index (κ3) is 7.35. The summed E-state index contributed by atoms with van der Waals surface area (Å²) in [6.45, 7) is 3.76. The quantitative estimate of drug-likeness (QED) is 0.389. The first kappa shape index (κ1) is 20.2. The van der Waals surface area contributed by atoms with Crippen molar-refractivity contribution < 1.29 is 20.1 Å². The number of fused-ring (bicyclic) bond motifs is 1. The second kappa shape index (κ2) is 10.1. The molecule has 144 valence electrons. The van der Waals surface area contributed by atoms with Crippen LogP contribution in [0.3, 0.4) is 0 Å². The highest BCUT2D eigenvalue weighted by Crippen LogP contribution is 2.12. The van der Waals surface area contributed by atoms with Crippen molar-refractivity contribution in [3.05, 3.63) is 54.1 Å². The van der Waals surface area contributed by atoms with Crippen LogP contribution in [-0.2, 0) is 0 Å². The van der Waals surface area contributed by atoms with Crippen molar-refractivity contribution in [1.82, 2.24) is 15.3 Å². The van der Waals surface area contributed by atoms with Crippen molar-refractivity contribution in [3.63, 3.8) is 0 Å². The number of imidazole rings is 1. The molecule has 0 bridgehead atoms. The van der Waals surface area contributed by atoms with Crippen molar-refractivity contribution in [3.8, 4) is 5.75 Å². The average Bonchev–Trinajstić information content (AvgIpc) is 3.26. The maximum Gasteiger partial charge on any atom is 0.411 e. The van der Waals surface area contributed by atoms with Crippen molar-refractivity contribution in [2.24, 2.45) is 0 Å². The van der Waals surface area contributed by atoms with E-state index < -0.39 is 6.09 Å². The molecule has 1 aromatic heterocycles. The summed E-state index contributed by atoms with van der Waals surface area (Å²) < 4.78 is 0. The number of hydrogen-bond acceptors (Lipinski definition) is 5. The molecule has 1 saturated heterocycles.